The third kappa shape index (κ3) is 7.36. The average molecular weight is 983 g/mol. The maximum atomic E-state index is 11.0. The van der Waals surface area contributed by atoms with Crippen LogP contribution in [0.1, 0.15) is 11.1 Å². The predicted octanol–water partition coefficient (Wildman–Crippen LogP) is 14.4. The molecule has 0 radical (unpaired) electrons. The molecule has 14 aromatic rings. The van der Waals surface area contributed by atoms with Crippen molar-refractivity contribution in [3.8, 4) is 34.4 Å². The molecule has 14 aromatic carbocycles. The average Bonchev–Trinajstić information content (AvgIpc) is 3.69. The Morgan fingerprint density at radius 2 is 0.628 bits per heavy atom. The molecule has 0 bridgehead atoms. The fourth-order valence-electron chi connectivity index (χ4n) is 12.6. The van der Waals surface area contributed by atoms with E-state index in [1.54, 1.807) is 24.3 Å². The monoisotopic (exact) mass is 982 g/mol. The minimum atomic E-state index is -0.319. The molecule has 0 aromatic heterocycles. The normalized spacial score (nSPS) is 11.3. The van der Waals surface area contributed by atoms with Gasteiger partial charge >= 0.3 is 0 Å². The Hall–Kier alpha value is -10.8. The molecule has 0 fully saturated rings. The number of rotatable bonds is 8. The SMILES string of the molecule is [C-]#[N+]c1cccc([N+]#[C-])c1-c1cc(B(c2ccc3ccccc3c2)c2ccc3ccccc3c2)c2ccc3c(-c4c(C#N)cccc4C#N)cc(B(c4ccc5ccccc5c4)c4ccc5ccccc5c4)c4ccc1c2c43. The summed E-state index contributed by atoms with van der Waals surface area (Å²) in [5.74, 6) is 0. The molecule has 0 aliphatic carbocycles. The summed E-state index contributed by atoms with van der Waals surface area (Å²) in [6, 6.07) is 90.0. The van der Waals surface area contributed by atoms with E-state index in [1.807, 2.05) is 12.1 Å². The van der Waals surface area contributed by atoms with Crippen molar-refractivity contribution in [2.45, 2.75) is 0 Å². The van der Waals surface area contributed by atoms with E-state index < -0.39 is 0 Å². The van der Waals surface area contributed by atoms with Crippen LogP contribution < -0.4 is 32.8 Å². The van der Waals surface area contributed by atoms with Crippen molar-refractivity contribution in [2.24, 2.45) is 0 Å². The zero-order valence-electron chi connectivity index (χ0n) is 42.0. The first-order valence-corrected chi connectivity index (χ1v) is 26.0. The van der Waals surface area contributed by atoms with Gasteiger partial charge in [0.15, 0.2) is 11.4 Å². The highest BCUT2D eigenvalue weighted by Crippen LogP contribution is 2.47. The Balaban J connectivity index is 1.19. The second-order valence-corrected chi connectivity index (χ2v) is 20.2. The Bertz CT molecular complexity index is 4470. The smallest absolute Gasteiger partial charge is 0.239 e. The number of nitriles is 2. The van der Waals surface area contributed by atoms with Crippen molar-refractivity contribution in [3.63, 3.8) is 0 Å². The number of hydrogen-bond donors (Lipinski definition) is 0. The Morgan fingerprint density at radius 1 is 0.308 bits per heavy atom. The van der Waals surface area contributed by atoms with Crippen LogP contribution in [0.15, 0.2) is 243 Å². The lowest BCUT2D eigenvalue weighted by atomic mass is 9.35. The van der Waals surface area contributed by atoms with E-state index in [0.717, 1.165) is 119 Å². The third-order valence-corrected chi connectivity index (χ3v) is 16.1. The number of fused-ring (bicyclic) bond motifs is 4. The molecular weight excluding hydrogens is 942 g/mol. The van der Waals surface area contributed by atoms with Gasteiger partial charge in [0.1, 0.15) is 0 Å². The van der Waals surface area contributed by atoms with E-state index in [0.29, 0.717) is 33.6 Å². The first-order chi connectivity index (χ1) is 38.5. The summed E-state index contributed by atoms with van der Waals surface area (Å²) < 4.78 is 0. The van der Waals surface area contributed by atoms with E-state index in [4.69, 9.17) is 13.1 Å². The molecule has 78 heavy (non-hydrogen) atoms. The van der Waals surface area contributed by atoms with Crippen LogP contribution in [-0.4, -0.2) is 13.4 Å². The Morgan fingerprint density at radius 3 is 0.974 bits per heavy atom. The van der Waals surface area contributed by atoms with Crippen LogP contribution in [0.5, 0.6) is 0 Å². The molecule has 354 valence electrons. The van der Waals surface area contributed by atoms with Crippen molar-refractivity contribution < 1.29 is 0 Å². The Kier molecular flexibility index (Phi) is 10.9. The molecule has 0 saturated heterocycles. The van der Waals surface area contributed by atoms with Crippen molar-refractivity contribution in [3.05, 3.63) is 277 Å². The maximum absolute atomic E-state index is 11.0. The molecule has 0 amide bonds. The fourth-order valence-corrected chi connectivity index (χ4v) is 12.6. The van der Waals surface area contributed by atoms with Crippen molar-refractivity contribution >= 4 is 133 Å². The van der Waals surface area contributed by atoms with E-state index in [2.05, 4.69) is 228 Å². The van der Waals surface area contributed by atoms with Gasteiger partial charge in [-0.1, -0.05) is 263 Å². The second kappa shape index (κ2) is 18.6. The Labute approximate surface area is 452 Å². The van der Waals surface area contributed by atoms with Crippen LogP contribution in [0.25, 0.3) is 107 Å². The van der Waals surface area contributed by atoms with Gasteiger partial charge in [0.25, 0.3) is 0 Å². The summed E-state index contributed by atoms with van der Waals surface area (Å²) in [6.45, 7) is 16.5. The van der Waals surface area contributed by atoms with Gasteiger partial charge in [0.05, 0.1) is 36.4 Å². The molecule has 0 heterocycles. The molecule has 0 aliphatic heterocycles. The van der Waals surface area contributed by atoms with Gasteiger partial charge in [-0.05, 0) is 104 Å². The van der Waals surface area contributed by atoms with Gasteiger partial charge in [-0.25, -0.2) is 9.69 Å². The van der Waals surface area contributed by atoms with Crippen molar-refractivity contribution in [2.75, 3.05) is 0 Å². The number of nitrogens with zero attached hydrogens (tertiary/aromatic N) is 4. The van der Waals surface area contributed by atoms with E-state index in [9.17, 15) is 10.5 Å². The van der Waals surface area contributed by atoms with E-state index in [1.165, 1.54) is 0 Å². The molecule has 0 saturated carbocycles. The zero-order chi connectivity index (χ0) is 52.4. The quantitative estimate of drug-likeness (QED) is 0.0865. The zero-order valence-corrected chi connectivity index (χ0v) is 42.0. The minimum absolute atomic E-state index is 0.314. The topological polar surface area (TPSA) is 56.3 Å². The second-order valence-electron chi connectivity index (χ2n) is 20.2. The van der Waals surface area contributed by atoms with Gasteiger partial charge < -0.3 is 0 Å². The molecule has 4 nitrogen and oxygen atoms in total. The number of benzene rings is 14. The molecule has 14 rings (SSSR count). The van der Waals surface area contributed by atoms with Crippen LogP contribution in [0.4, 0.5) is 11.4 Å². The summed E-state index contributed by atoms with van der Waals surface area (Å²) in [4.78, 5) is 8.22. The third-order valence-electron chi connectivity index (χ3n) is 16.1. The predicted molar refractivity (Wildman–Crippen MR) is 328 cm³/mol. The maximum Gasteiger partial charge on any atom is 0.242 e. The van der Waals surface area contributed by atoms with Crippen LogP contribution >= 0.6 is 0 Å². The van der Waals surface area contributed by atoms with Crippen LogP contribution in [0.3, 0.4) is 0 Å². The van der Waals surface area contributed by atoms with Crippen LogP contribution in [0, 0.1) is 35.8 Å². The number of hydrogen-bond acceptors (Lipinski definition) is 2. The molecule has 0 N–H and O–H groups in total. The van der Waals surface area contributed by atoms with Crippen LogP contribution in [-0.2, 0) is 0 Å². The standard InChI is InChI=1S/C72H40B2N4/c1-77-67-23-12-24-68(78-2)72(67)64-42-66(74(57-31-27-47-15-5-9-19-51(47)39-57)58-32-28-48-16-6-10-20-52(48)40-58)62-35-33-59-63(69-53(43-75)21-11-22-54(69)44-76)41-65(61-36-34-60(64)71(62)70(59)61)73(55-29-25-45-13-3-7-17-49(45)37-55)56-30-26-46-14-4-8-18-50(46)38-56/h3-42H. The van der Waals surface area contributed by atoms with Crippen molar-refractivity contribution in [1.29, 1.82) is 10.5 Å². The van der Waals surface area contributed by atoms with Crippen molar-refractivity contribution in [1.82, 2.24) is 0 Å². The molecule has 0 aliphatic rings. The van der Waals surface area contributed by atoms with Gasteiger partial charge in [-0.2, -0.15) is 10.5 Å². The van der Waals surface area contributed by atoms with Gasteiger partial charge in [0, 0.05) is 5.56 Å². The molecule has 6 heteroatoms. The largest absolute Gasteiger partial charge is 0.242 e. The minimum Gasteiger partial charge on any atom is -0.239 e. The fraction of sp³-hybridized carbons (Fsp3) is 0. The summed E-state index contributed by atoms with van der Waals surface area (Å²) in [6.07, 6.45) is 0. The molecule has 0 unspecified atom stereocenters. The van der Waals surface area contributed by atoms with E-state index in [-0.39, 0.29) is 13.4 Å². The summed E-state index contributed by atoms with van der Waals surface area (Å²) in [5.41, 5.74) is 10.8. The van der Waals surface area contributed by atoms with E-state index >= 15 is 0 Å². The summed E-state index contributed by atoms with van der Waals surface area (Å²) in [7, 11) is 0. The summed E-state index contributed by atoms with van der Waals surface area (Å²) in [5, 5.41) is 36.8. The highest BCUT2D eigenvalue weighted by atomic mass is 14.7. The highest BCUT2D eigenvalue weighted by Gasteiger charge is 2.32. The van der Waals surface area contributed by atoms with Gasteiger partial charge in [0.2, 0.25) is 13.4 Å². The first kappa shape index (κ1) is 45.8. The first-order valence-electron chi connectivity index (χ1n) is 26.0. The molecular formula is C72H40B2N4. The van der Waals surface area contributed by atoms with Gasteiger partial charge in [-0.3, -0.25) is 0 Å². The lowest BCUT2D eigenvalue weighted by Gasteiger charge is -2.26. The highest BCUT2D eigenvalue weighted by molar-refractivity contribution is 6.98. The van der Waals surface area contributed by atoms with Crippen LogP contribution in [0.2, 0.25) is 0 Å². The summed E-state index contributed by atoms with van der Waals surface area (Å²) >= 11 is 0. The molecule has 0 spiro atoms. The lowest BCUT2D eigenvalue weighted by Crippen LogP contribution is -2.52. The molecule has 0 atom stereocenters. The van der Waals surface area contributed by atoms with Gasteiger partial charge in [-0.15, -0.1) is 0 Å². The lowest BCUT2D eigenvalue weighted by molar-refractivity contribution is 1.45.